The van der Waals surface area contributed by atoms with E-state index in [1.54, 1.807) is 0 Å². The van der Waals surface area contributed by atoms with Crippen LogP contribution in [-0.2, 0) is 4.79 Å². The Hall–Kier alpha value is -1.26. The molecule has 0 saturated heterocycles. The molecule has 0 aromatic rings. The lowest BCUT2D eigenvalue weighted by Crippen LogP contribution is -2.50. The number of urea groups is 1. The maximum Gasteiger partial charge on any atom is 0.315 e. The van der Waals surface area contributed by atoms with Crippen molar-refractivity contribution >= 4 is 12.0 Å². The van der Waals surface area contributed by atoms with Gasteiger partial charge in [0.2, 0.25) is 0 Å². The molecule has 2 fully saturated rings. The number of amides is 2. The van der Waals surface area contributed by atoms with Crippen LogP contribution in [0.1, 0.15) is 64.7 Å². The molecule has 0 radical (unpaired) electrons. The van der Waals surface area contributed by atoms with Crippen LogP contribution >= 0.6 is 0 Å². The van der Waals surface area contributed by atoms with E-state index in [9.17, 15) is 9.59 Å². The first-order chi connectivity index (χ1) is 10.1. The SMILES string of the molecule is CCC1CCCCC1NC(=O)NC1CCCC(C(=O)O)C1. The third-order valence-corrected chi connectivity index (χ3v) is 5.11. The molecule has 0 spiro atoms. The molecule has 120 valence electrons. The molecule has 4 atom stereocenters. The van der Waals surface area contributed by atoms with Crippen molar-refractivity contribution < 1.29 is 14.7 Å². The first kappa shape index (κ1) is 16.1. The van der Waals surface area contributed by atoms with Crippen LogP contribution in [0.15, 0.2) is 0 Å². The summed E-state index contributed by atoms with van der Waals surface area (Å²) < 4.78 is 0. The molecule has 21 heavy (non-hydrogen) atoms. The minimum absolute atomic E-state index is 0.00326. The van der Waals surface area contributed by atoms with Crippen LogP contribution in [0.3, 0.4) is 0 Å². The van der Waals surface area contributed by atoms with E-state index in [4.69, 9.17) is 5.11 Å². The first-order valence-corrected chi connectivity index (χ1v) is 8.40. The van der Waals surface area contributed by atoms with Crippen LogP contribution in [0, 0.1) is 11.8 Å². The van der Waals surface area contributed by atoms with Gasteiger partial charge in [0, 0.05) is 12.1 Å². The van der Waals surface area contributed by atoms with Gasteiger partial charge in [-0.1, -0.05) is 32.6 Å². The highest BCUT2D eigenvalue weighted by Gasteiger charge is 2.29. The number of carbonyl (C=O) groups is 2. The lowest BCUT2D eigenvalue weighted by Gasteiger charge is -2.33. The fourth-order valence-electron chi connectivity index (χ4n) is 3.83. The average molecular weight is 296 g/mol. The summed E-state index contributed by atoms with van der Waals surface area (Å²) in [6.07, 6.45) is 8.88. The standard InChI is InChI=1S/C16H28N2O3/c1-2-11-6-3-4-9-14(11)18-16(21)17-13-8-5-7-12(10-13)15(19)20/h11-14H,2-10H2,1H3,(H,19,20)(H2,17,18,21). The van der Waals surface area contributed by atoms with Gasteiger partial charge in [0.25, 0.3) is 0 Å². The smallest absolute Gasteiger partial charge is 0.315 e. The number of aliphatic carboxylic acids is 1. The highest BCUT2D eigenvalue weighted by atomic mass is 16.4. The van der Waals surface area contributed by atoms with E-state index in [1.165, 1.54) is 19.3 Å². The van der Waals surface area contributed by atoms with Crippen molar-refractivity contribution in [2.45, 2.75) is 76.8 Å². The molecule has 4 unspecified atom stereocenters. The van der Waals surface area contributed by atoms with E-state index in [0.29, 0.717) is 12.3 Å². The Morgan fingerprint density at radius 2 is 1.81 bits per heavy atom. The second-order valence-electron chi connectivity index (χ2n) is 6.58. The van der Waals surface area contributed by atoms with Crippen LogP contribution in [0.4, 0.5) is 4.79 Å². The molecule has 0 heterocycles. The van der Waals surface area contributed by atoms with E-state index in [1.807, 2.05) is 0 Å². The average Bonchev–Trinajstić information content (AvgIpc) is 2.48. The van der Waals surface area contributed by atoms with Gasteiger partial charge in [-0.15, -0.1) is 0 Å². The van der Waals surface area contributed by atoms with Crippen LogP contribution in [0.5, 0.6) is 0 Å². The van der Waals surface area contributed by atoms with Crippen LogP contribution in [-0.4, -0.2) is 29.2 Å². The molecule has 3 N–H and O–H groups in total. The molecule has 2 saturated carbocycles. The monoisotopic (exact) mass is 296 g/mol. The molecular weight excluding hydrogens is 268 g/mol. The van der Waals surface area contributed by atoms with Crippen LogP contribution in [0.2, 0.25) is 0 Å². The molecule has 0 aromatic carbocycles. The van der Waals surface area contributed by atoms with Crippen molar-refractivity contribution in [3.63, 3.8) is 0 Å². The topological polar surface area (TPSA) is 78.4 Å². The molecule has 0 bridgehead atoms. The van der Waals surface area contributed by atoms with Gasteiger partial charge in [0.1, 0.15) is 0 Å². The summed E-state index contributed by atoms with van der Waals surface area (Å²) in [7, 11) is 0. The molecule has 2 aliphatic rings. The Morgan fingerprint density at radius 1 is 1.05 bits per heavy atom. The minimum atomic E-state index is -0.736. The fourth-order valence-corrected chi connectivity index (χ4v) is 3.83. The van der Waals surface area contributed by atoms with Crippen molar-refractivity contribution in [2.75, 3.05) is 0 Å². The summed E-state index contributed by atoms with van der Waals surface area (Å²) in [6, 6.07) is 0.169. The van der Waals surface area contributed by atoms with E-state index in [0.717, 1.165) is 32.1 Å². The number of nitrogens with one attached hydrogen (secondary N) is 2. The van der Waals surface area contributed by atoms with E-state index < -0.39 is 5.97 Å². The lowest BCUT2D eigenvalue weighted by atomic mass is 9.83. The van der Waals surface area contributed by atoms with Gasteiger partial charge in [-0.2, -0.15) is 0 Å². The predicted octanol–water partition coefficient (Wildman–Crippen LogP) is 2.90. The number of rotatable bonds is 4. The lowest BCUT2D eigenvalue weighted by molar-refractivity contribution is -0.143. The van der Waals surface area contributed by atoms with Gasteiger partial charge in [-0.05, 0) is 38.0 Å². The molecule has 5 nitrogen and oxygen atoms in total. The van der Waals surface area contributed by atoms with Gasteiger partial charge in [0.05, 0.1) is 5.92 Å². The van der Waals surface area contributed by atoms with E-state index in [-0.39, 0.29) is 24.0 Å². The second kappa shape index (κ2) is 7.66. The number of carboxylic acid groups (broad SMARTS) is 1. The van der Waals surface area contributed by atoms with Crippen molar-refractivity contribution in [3.8, 4) is 0 Å². The zero-order chi connectivity index (χ0) is 15.2. The van der Waals surface area contributed by atoms with Crippen LogP contribution in [0.25, 0.3) is 0 Å². The van der Waals surface area contributed by atoms with Gasteiger partial charge < -0.3 is 15.7 Å². The van der Waals surface area contributed by atoms with Crippen molar-refractivity contribution in [1.82, 2.24) is 10.6 Å². The number of hydrogen-bond acceptors (Lipinski definition) is 2. The van der Waals surface area contributed by atoms with Gasteiger partial charge >= 0.3 is 12.0 Å². The summed E-state index contributed by atoms with van der Waals surface area (Å²) in [5.74, 6) is -0.454. The summed E-state index contributed by atoms with van der Waals surface area (Å²) in [5.41, 5.74) is 0. The maximum absolute atomic E-state index is 12.1. The highest BCUT2D eigenvalue weighted by molar-refractivity contribution is 5.75. The predicted molar refractivity (Wildman–Crippen MR) is 81.1 cm³/mol. The summed E-state index contributed by atoms with van der Waals surface area (Å²) >= 11 is 0. The second-order valence-corrected chi connectivity index (χ2v) is 6.58. The number of carboxylic acids is 1. The van der Waals surface area contributed by atoms with E-state index >= 15 is 0 Å². The molecule has 5 heteroatoms. The molecule has 2 rings (SSSR count). The van der Waals surface area contributed by atoms with Gasteiger partial charge in [0.15, 0.2) is 0 Å². The van der Waals surface area contributed by atoms with E-state index in [2.05, 4.69) is 17.6 Å². The Labute approximate surface area is 126 Å². The Bertz CT molecular complexity index is 373. The maximum atomic E-state index is 12.1. The summed E-state index contributed by atoms with van der Waals surface area (Å²) in [6.45, 7) is 2.18. The Kier molecular flexibility index (Phi) is 5.88. The first-order valence-electron chi connectivity index (χ1n) is 8.40. The van der Waals surface area contributed by atoms with Crippen molar-refractivity contribution in [3.05, 3.63) is 0 Å². The molecular formula is C16H28N2O3. The third-order valence-electron chi connectivity index (χ3n) is 5.11. The Balaban J connectivity index is 1.79. The van der Waals surface area contributed by atoms with Gasteiger partial charge in [-0.3, -0.25) is 4.79 Å². The summed E-state index contributed by atoms with van der Waals surface area (Å²) in [4.78, 5) is 23.2. The van der Waals surface area contributed by atoms with Crippen molar-refractivity contribution in [2.24, 2.45) is 11.8 Å². The minimum Gasteiger partial charge on any atom is -0.481 e. The molecule has 0 aliphatic heterocycles. The highest BCUT2D eigenvalue weighted by Crippen LogP contribution is 2.27. The zero-order valence-corrected chi connectivity index (χ0v) is 12.9. The zero-order valence-electron chi connectivity index (χ0n) is 12.9. The number of carbonyl (C=O) groups excluding carboxylic acids is 1. The van der Waals surface area contributed by atoms with Crippen LogP contribution < -0.4 is 10.6 Å². The van der Waals surface area contributed by atoms with Gasteiger partial charge in [-0.25, -0.2) is 4.79 Å². The van der Waals surface area contributed by atoms with Crippen molar-refractivity contribution in [1.29, 1.82) is 0 Å². The quantitative estimate of drug-likeness (QED) is 0.746. The summed E-state index contributed by atoms with van der Waals surface area (Å²) in [5, 5.41) is 15.2. The number of hydrogen-bond donors (Lipinski definition) is 3. The normalized spacial score (nSPS) is 33.2. The molecule has 2 amide bonds. The third kappa shape index (κ3) is 4.61. The largest absolute Gasteiger partial charge is 0.481 e. The molecule has 0 aromatic heterocycles. The fraction of sp³-hybridized carbons (Fsp3) is 0.875. The molecule has 2 aliphatic carbocycles. The Morgan fingerprint density at radius 3 is 2.52 bits per heavy atom.